The van der Waals surface area contributed by atoms with Gasteiger partial charge in [-0.3, -0.25) is 4.68 Å². The predicted molar refractivity (Wildman–Crippen MR) is 75.3 cm³/mol. The number of carbonyl (C=O) groups is 1. The zero-order valence-corrected chi connectivity index (χ0v) is 11.4. The molecular formula is C13H16ClN3O2. The first kappa shape index (κ1) is 15.2. The van der Waals surface area contributed by atoms with E-state index < -0.39 is 0 Å². The number of hydrogen-bond donors (Lipinski definition) is 1. The molecule has 2 aromatic rings. The van der Waals surface area contributed by atoms with Gasteiger partial charge < -0.3 is 10.5 Å². The Kier molecular flexibility index (Phi) is 5.54. The highest BCUT2D eigenvalue weighted by Gasteiger charge is 2.06. The van der Waals surface area contributed by atoms with Crippen molar-refractivity contribution in [3.63, 3.8) is 0 Å². The van der Waals surface area contributed by atoms with Crippen LogP contribution in [0.4, 0.5) is 0 Å². The van der Waals surface area contributed by atoms with Gasteiger partial charge in [-0.15, -0.1) is 12.4 Å². The summed E-state index contributed by atoms with van der Waals surface area (Å²) in [7, 11) is 1.37. The number of methoxy groups -OCH3 is 1. The maximum absolute atomic E-state index is 11.3. The lowest BCUT2D eigenvalue weighted by Gasteiger charge is -2.01. The third-order valence-electron chi connectivity index (χ3n) is 2.63. The largest absolute Gasteiger partial charge is 0.465 e. The molecule has 0 saturated carbocycles. The highest BCUT2D eigenvalue weighted by Crippen LogP contribution is 2.19. The Balaban J connectivity index is 0.00000180. The molecule has 0 amide bonds. The summed E-state index contributed by atoms with van der Waals surface area (Å²) in [6.45, 7) is 1.25. The van der Waals surface area contributed by atoms with Crippen LogP contribution < -0.4 is 5.73 Å². The van der Waals surface area contributed by atoms with Crippen LogP contribution in [-0.4, -0.2) is 29.4 Å². The molecule has 0 radical (unpaired) electrons. The molecule has 5 nitrogen and oxygen atoms in total. The van der Waals surface area contributed by atoms with Crippen molar-refractivity contribution in [2.45, 2.75) is 6.54 Å². The lowest BCUT2D eigenvalue weighted by Crippen LogP contribution is -2.09. The van der Waals surface area contributed by atoms with Crippen molar-refractivity contribution in [3.05, 3.63) is 42.2 Å². The second kappa shape index (κ2) is 6.92. The standard InChI is InChI=1S/C13H15N3O2.ClH/c1-18-13(17)11-4-2-10(3-5-11)12-8-15-16(9-12)7-6-14;/h2-5,8-9H,6-7,14H2,1H3;1H. The molecule has 1 aromatic heterocycles. The normalized spacial score (nSPS) is 9.79. The minimum atomic E-state index is -0.333. The number of rotatable bonds is 4. The Labute approximate surface area is 117 Å². The van der Waals surface area contributed by atoms with Crippen molar-refractivity contribution in [2.75, 3.05) is 13.7 Å². The molecule has 0 spiro atoms. The van der Waals surface area contributed by atoms with E-state index in [-0.39, 0.29) is 18.4 Å². The van der Waals surface area contributed by atoms with Crippen LogP contribution in [0, 0.1) is 0 Å². The molecule has 0 saturated heterocycles. The summed E-state index contributed by atoms with van der Waals surface area (Å²) in [6.07, 6.45) is 3.71. The third kappa shape index (κ3) is 3.56. The molecule has 6 heteroatoms. The molecule has 1 aromatic carbocycles. The van der Waals surface area contributed by atoms with E-state index in [1.807, 2.05) is 18.3 Å². The van der Waals surface area contributed by atoms with Crippen molar-refractivity contribution in [1.29, 1.82) is 0 Å². The maximum Gasteiger partial charge on any atom is 0.337 e. The van der Waals surface area contributed by atoms with Crippen molar-refractivity contribution in [3.8, 4) is 11.1 Å². The van der Waals surface area contributed by atoms with E-state index >= 15 is 0 Å². The number of aromatic nitrogens is 2. The Morgan fingerprint density at radius 2 is 2.00 bits per heavy atom. The summed E-state index contributed by atoms with van der Waals surface area (Å²) >= 11 is 0. The number of halogens is 1. The van der Waals surface area contributed by atoms with Crippen LogP contribution in [-0.2, 0) is 11.3 Å². The number of hydrogen-bond acceptors (Lipinski definition) is 4. The first-order valence-electron chi connectivity index (χ1n) is 5.66. The van der Waals surface area contributed by atoms with Gasteiger partial charge in [0.15, 0.2) is 0 Å². The number of ether oxygens (including phenoxy) is 1. The molecule has 2 N–H and O–H groups in total. The van der Waals surface area contributed by atoms with Gasteiger partial charge in [-0.25, -0.2) is 4.79 Å². The van der Waals surface area contributed by atoms with Gasteiger partial charge in [-0.1, -0.05) is 12.1 Å². The molecule has 102 valence electrons. The molecule has 1 heterocycles. The lowest BCUT2D eigenvalue weighted by atomic mass is 10.1. The van der Waals surface area contributed by atoms with Crippen LogP contribution in [0.1, 0.15) is 10.4 Å². The fourth-order valence-corrected chi connectivity index (χ4v) is 1.68. The van der Waals surface area contributed by atoms with E-state index in [2.05, 4.69) is 9.84 Å². The van der Waals surface area contributed by atoms with E-state index in [1.165, 1.54) is 7.11 Å². The van der Waals surface area contributed by atoms with Crippen LogP contribution in [0.5, 0.6) is 0 Å². The summed E-state index contributed by atoms with van der Waals surface area (Å²) in [6, 6.07) is 7.22. The van der Waals surface area contributed by atoms with E-state index in [4.69, 9.17) is 5.73 Å². The maximum atomic E-state index is 11.3. The van der Waals surface area contributed by atoms with E-state index in [1.54, 1.807) is 23.0 Å². The summed E-state index contributed by atoms with van der Waals surface area (Å²) in [5.74, 6) is -0.333. The van der Waals surface area contributed by atoms with Crippen LogP contribution in [0.25, 0.3) is 11.1 Å². The van der Waals surface area contributed by atoms with Crippen LogP contribution in [0.3, 0.4) is 0 Å². The van der Waals surface area contributed by atoms with Gasteiger partial charge in [-0.05, 0) is 17.7 Å². The predicted octanol–water partition coefficient (Wildman–Crippen LogP) is 1.72. The zero-order valence-electron chi connectivity index (χ0n) is 10.6. The second-order valence-electron chi connectivity index (χ2n) is 3.85. The Bertz CT molecular complexity index is 537. The molecule has 2 rings (SSSR count). The second-order valence-corrected chi connectivity index (χ2v) is 3.85. The molecule has 0 aliphatic carbocycles. The van der Waals surface area contributed by atoms with Gasteiger partial charge in [0, 0.05) is 18.3 Å². The topological polar surface area (TPSA) is 70.1 Å². The molecule has 0 unspecified atom stereocenters. The van der Waals surface area contributed by atoms with Gasteiger partial charge in [0.25, 0.3) is 0 Å². The summed E-state index contributed by atoms with van der Waals surface area (Å²) < 4.78 is 6.44. The molecular weight excluding hydrogens is 266 g/mol. The number of benzene rings is 1. The van der Waals surface area contributed by atoms with Crippen LogP contribution in [0.15, 0.2) is 36.7 Å². The minimum Gasteiger partial charge on any atom is -0.465 e. The van der Waals surface area contributed by atoms with Gasteiger partial charge >= 0.3 is 5.97 Å². The van der Waals surface area contributed by atoms with E-state index in [9.17, 15) is 4.79 Å². The van der Waals surface area contributed by atoms with Gasteiger partial charge in [0.05, 0.1) is 25.4 Å². The summed E-state index contributed by atoms with van der Waals surface area (Å²) in [5, 5.41) is 4.20. The van der Waals surface area contributed by atoms with Gasteiger partial charge in [0.2, 0.25) is 0 Å². The van der Waals surface area contributed by atoms with Gasteiger partial charge in [0.1, 0.15) is 0 Å². The van der Waals surface area contributed by atoms with E-state index in [0.717, 1.165) is 11.1 Å². The molecule has 0 bridgehead atoms. The number of nitrogens with zero attached hydrogens (tertiary/aromatic N) is 2. The lowest BCUT2D eigenvalue weighted by molar-refractivity contribution is 0.0601. The number of carbonyl (C=O) groups excluding carboxylic acids is 1. The summed E-state index contributed by atoms with van der Waals surface area (Å²) in [5.41, 5.74) is 8.01. The van der Waals surface area contributed by atoms with E-state index in [0.29, 0.717) is 18.7 Å². The Morgan fingerprint density at radius 1 is 1.32 bits per heavy atom. The average molecular weight is 282 g/mol. The molecule has 0 aliphatic rings. The fraction of sp³-hybridized carbons (Fsp3) is 0.231. The van der Waals surface area contributed by atoms with Gasteiger partial charge in [-0.2, -0.15) is 5.10 Å². The molecule has 0 atom stereocenters. The molecule has 19 heavy (non-hydrogen) atoms. The smallest absolute Gasteiger partial charge is 0.337 e. The Hall–Kier alpha value is -1.85. The SMILES string of the molecule is COC(=O)c1ccc(-c2cnn(CCN)c2)cc1.Cl. The first-order chi connectivity index (χ1) is 8.74. The first-order valence-corrected chi connectivity index (χ1v) is 5.66. The zero-order chi connectivity index (χ0) is 13.0. The minimum absolute atomic E-state index is 0. The summed E-state index contributed by atoms with van der Waals surface area (Å²) in [4.78, 5) is 11.3. The number of esters is 1. The van der Waals surface area contributed by atoms with Crippen molar-refractivity contribution in [2.24, 2.45) is 5.73 Å². The number of nitrogens with two attached hydrogens (primary N) is 1. The molecule has 0 aliphatic heterocycles. The Morgan fingerprint density at radius 3 is 2.58 bits per heavy atom. The van der Waals surface area contributed by atoms with Crippen LogP contribution >= 0.6 is 12.4 Å². The monoisotopic (exact) mass is 281 g/mol. The van der Waals surface area contributed by atoms with Crippen LogP contribution in [0.2, 0.25) is 0 Å². The fourth-order valence-electron chi connectivity index (χ4n) is 1.68. The van der Waals surface area contributed by atoms with Crippen molar-refractivity contribution in [1.82, 2.24) is 9.78 Å². The molecule has 0 fully saturated rings. The van der Waals surface area contributed by atoms with Crippen molar-refractivity contribution >= 4 is 18.4 Å². The highest BCUT2D eigenvalue weighted by molar-refractivity contribution is 5.89. The quantitative estimate of drug-likeness (QED) is 0.866. The third-order valence-corrected chi connectivity index (χ3v) is 2.63. The van der Waals surface area contributed by atoms with Crippen molar-refractivity contribution < 1.29 is 9.53 Å². The highest BCUT2D eigenvalue weighted by atomic mass is 35.5. The average Bonchev–Trinajstić information content (AvgIpc) is 2.87.